The molecule has 1 aromatic rings. The lowest BCUT2D eigenvalue weighted by atomic mass is 10.1. The molecule has 1 unspecified atom stereocenters. The van der Waals surface area contributed by atoms with Crippen molar-refractivity contribution < 1.29 is 0 Å². The van der Waals surface area contributed by atoms with Gasteiger partial charge in [0.05, 0.1) is 0 Å². The van der Waals surface area contributed by atoms with Gasteiger partial charge < -0.3 is 4.98 Å². The van der Waals surface area contributed by atoms with Gasteiger partial charge in [-0.15, -0.1) is 11.8 Å². The van der Waals surface area contributed by atoms with Crippen molar-refractivity contribution in [2.75, 3.05) is 19.8 Å². The molecule has 1 aliphatic heterocycles. The number of nitrogens with one attached hydrogen (secondary N) is 1. The number of hydrogen-bond acceptors (Lipinski definition) is 4. The standard InChI is InChI=1S/C11H15N3OS/c1-14-6-4-9(13-11(14)16-2)8-3-5-12-10(15)7-8/h3,5,7,11H,4,6H2,1-2H3,(H,12,15). The molecular weight excluding hydrogens is 222 g/mol. The van der Waals surface area contributed by atoms with E-state index in [4.69, 9.17) is 0 Å². The number of rotatable bonds is 2. The van der Waals surface area contributed by atoms with Crippen LogP contribution in [0.5, 0.6) is 0 Å². The number of aliphatic imine (C=N–C) groups is 1. The normalized spacial score (nSPS) is 21.9. The molecular formula is C11H15N3OS. The maximum absolute atomic E-state index is 11.2. The minimum absolute atomic E-state index is 0.0696. The van der Waals surface area contributed by atoms with Crippen LogP contribution in [0.4, 0.5) is 0 Å². The van der Waals surface area contributed by atoms with Gasteiger partial charge in [-0.1, -0.05) is 0 Å². The minimum atomic E-state index is -0.0696. The Kier molecular flexibility index (Phi) is 3.46. The lowest BCUT2D eigenvalue weighted by Gasteiger charge is -2.28. The van der Waals surface area contributed by atoms with Crippen molar-refractivity contribution >= 4 is 17.5 Å². The number of H-pyrrole nitrogens is 1. The fraction of sp³-hybridized carbons (Fsp3) is 0.455. The Labute approximate surface area is 98.8 Å². The quantitative estimate of drug-likeness (QED) is 0.839. The van der Waals surface area contributed by atoms with E-state index in [2.05, 4.69) is 21.9 Å². The fourth-order valence-corrected chi connectivity index (χ4v) is 2.46. The largest absolute Gasteiger partial charge is 0.329 e. The van der Waals surface area contributed by atoms with Gasteiger partial charge in [-0.3, -0.25) is 14.7 Å². The van der Waals surface area contributed by atoms with Crippen molar-refractivity contribution in [2.24, 2.45) is 4.99 Å². The monoisotopic (exact) mass is 237 g/mol. The van der Waals surface area contributed by atoms with Crippen LogP contribution in [0, 0.1) is 0 Å². The van der Waals surface area contributed by atoms with E-state index in [1.54, 1.807) is 24.0 Å². The van der Waals surface area contributed by atoms with Gasteiger partial charge in [0.1, 0.15) is 5.50 Å². The lowest BCUT2D eigenvalue weighted by molar-refractivity contribution is 0.317. The molecule has 86 valence electrons. The van der Waals surface area contributed by atoms with E-state index in [1.165, 1.54) is 0 Å². The second kappa shape index (κ2) is 4.84. The summed E-state index contributed by atoms with van der Waals surface area (Å²) in [6.07, 6.45) is 4.62. The van der Waals surface area contributed by atoms with Crippen LogP contribution >= 0.6 is 11.8 Å². The molecule has 1 N–H and O–H groups in total. The highest BCUT2D eigenvalue weighted by atomic mass is 32.2. The Morgan fingerprint density at radius 1 is 1.62 bits per heavy atom. The molecule has 0 bridgehead atoms. The van der Waals surface area contributed by atoms with Gasteiger partial charge in [0.2, 0.25) is 5.56 Å². The Morgan fingerprint density at radius 2 is 2.44 bits per heavy atom. The van der Waals surface area contributed by atoms with E-state index in [-0.39, 0.29) is 11.1 Å². The molecule has 0 radical (unpaired) electrons. The fourth-order valence-electron chi connectivity index (χ4n) is 1.76. The molecule has 4 nitrogen and oxygen atoms in total. The number of aromatic amines is 1. The molecule has 0 amide bonds. The van der Waals surface area contributed by atoms with E-state index >= 15 is 0 Å². The van der Waals surface area contributed by atoms with Crippen LogP contribution in [0.25, 0.3) is 0 Å². The van der Waals surface area contributed by atoms with Crippen LogP contribution in [0.1, 0.15) is 12.0 Å². The van der Waals surface area contributed by atoms with Gasteiger partial charge in [0.15, 0.2) is 0 Å². The highest BCUT2D eigenvalue weighted by molar-refractivity contribution is 7.99. The molecule has 0 spiro atoms. The predicted octanol–water partition coefficient (Wildman–Crippen LogP) is 1.15. The summed E-state index contributed by atoms with van der Waals surface area (Å²) in [7, 11) is 2.07. The predicted molar refractivity (Wildman–Crippen MR) is 68.1 cm³/mol. The van der Waals surface area contributed by atoms with Crippen LogP contribution in [0.15, 0.2) is 28.1 Å². The van der Waals surface area contributed by atoms with Gasteiger partial charge in [-0.25, -0.2) is 0 Å². The van der Waals surface area contributed by atoms with E-state index in [9.17, 15) is 4.79 Å². The number of pyridine rings is 1. The van der Waals surface area contributed by atoms with Crippen molar-refractivity contribution in [3.05, 3.63) is 34.2 Å². The second-order valence-electron chi connectivity index (χ2n) is 3.81. The molecule has 0 saturated heterocycles. The Morgan fingerprint density at radius 3 is 3.12 bits per heavy atom. The van der Waals surface area contributed by atoms with Crippen molar-refractivity contribution in [1.82, 2.24) is 9.88 Å². The number of thioether (sulfide) groups is 1. The third-order valence-electron chi connectivity index (χ3n) is 2.66. The SMILES string of the molecule is CSC1N=C(c2cc[nH]c(=O)c2)CCN1C. The summed E-state index contributed by atoms with van der Waals surface area (Å²) in [5, 5.41) is 0. The van der Waals surface area contributed by atoms with Gasteiger partial charge in [0, 0.05) is 36.5 Å². The molecule has 1 aromatic heterocycles. The summed E-state index contributed by atoms with van der Waals surface area (Å²) in [6, 6.07) is 3.52. The second-order valence-corrected chi connectivity index (χ2v) is 4.70. The van der Waals surface area contributed by atoms with E-state index in [1.807, 2.05) is 12.3 Å². The summed E-state index contributed by atoms with van der Waals surface area (Å²) in [4.78, 5) is 20.7. The molecule has 0 aromatic carbocycles. The molecule has 2 rings (SSSR count). The maximum atomic E-state index is 11.2. The summed E-state index contributed by atoms with van der Waals surface area (Å²) in [5.74, 6) is 0. The molecule has 2 heterocycles. The summed E-state index contributed by atoms with van der Waals surface area (Å²) < 4.78 is 0. The maximum Gasteiger partial charge on any atom is 0.248 e. The van der Waals surface area contributed by atoms with Crippen LogP contribution in [0.3, 0.4) is 0 Å². The smallest absolute Gasteiger partial charge is 0.248 e. The molecule has 0 fully saturated rings. The first-order valence-corrected chi connectivity index (χ1v) is 6.48. The van der Waals surface area contributed by atoms with Gasteiger partial charge in [-0.05, 0) is 19.4 Å². The average Bonchev–Trinajstić information content (AvgIpc) is 2.29. The Balaban J connectivity index is 2.31. The number of hydrogen-bond donors (Lipinski definition) is 1. The van der Waals surface area contributed by atoms with E-state index < -0.39 is 0 Å². The van der Waals surface area contributed by atoms with Crippen LogP contribution in [0.2, 0.25) is 0 Å². The van der Waals surface area contributed by atoms with E-state index in [0.717, 1.165) is 24.2 Å². The van der Waals surface area contributed by atoms with Gasteiger partial charge in [-0.2, -0.15) is 0 Å². The van der Waals surface area contributed by atoms with Crippen molar-refractivity contribution in [2.45, 2.75) is 11.9 Å². The zero-order chi connectivity index (χ0) is 11.5. The number of aromatic nitrogens is 1. The first kappa shape index (κ1) is 11.4. The van der Waals surface area contributed by atoms with Crippen LogP contribution in [-0.4, -0.2) is 40.9 Å². The lowest BCUT2D eigenvalue weighted by Crippen LogP contribution is -2.35. The summed E-state index contributed by atoms with van der Waals surface area (Å²) in [5.41, 5.74) is 2.07. The highest BCUT2D eigenvalue weighted by Gasteiger charge is 2.19. The first-order chi connectivity index (χ1) is 7.70. The van der Waals surface area contributed by atoms with Gasteiger partial charge in [0.25, 0.3) is 0 Å². The average molecular weight is 237 g/mol. The Bertz CT molecular complexity index is 455. The molecule has 1 atom stereocenters. The summed E-state index contributed by atoms with van der Waals surface area (Å²) >= 11 is 1.71. The van der Waals surface area contributed by atoms with Gasteiger partial charge >= 0.3 is 0 Å². The Hall–Kier alpha value is -1.07. The molecule has 1 aliphatic rings. The zero-order valence-electron chi connectivity index (χ0n) is 9.43. The molecule has 16 heavy (non-hydrogen) atoms. The van der Waals surface area contributed by atoms with E-state index in [0.29, 0.717) is 0 Å². The van der Waals surface area contributed by atoms with Crippen LogP contribution in [-0.2, 0) is 0 Å². The van der Waals surface area contributed by atoms with Crippen molar-refractivity contribution in [1.29, 1.82) is 0 Å². The van der Waals surface area contributed by atoms with Crippen molar-refractivity contribution in [3.63, 3.8) is 0 Å². The number of nitrogens with zero attached hydrogens (tertiary/aromatic N) is 2. The van der Waals surface area contributed by atoms with Crippen molar-refractivity contribution in [3.8, 4) is 0 Å². The third kappa shape index (κ3) is 2.36. The molecule has 0 aliphatic carbocycles. The molecule has 0 saturated carbocycles. The zero-order valence-corrected chi connectivity index (χ0v) is 10.3. The third-order valence-corrected chi connectivity index (χ3v) is 3.55. The highest BCUT2D eigenvalue weighted by Crippen LogP contribution is 2.19. The first-order valence-electron chi connectivity index (χ1n) is 5.19. The summed E-state index contributed by atoms with van der Waals surface area (Å²) in [6.45, 7) is 0.983. The van der Waals surface area contributed by atoms with Crippen LogP contribution < -0.4 is 5.56 Å². The molecule has 5 heteroatoms. The minimum Gasteiger partial charge on any atom is -0.329 e. The topological polar surface area (TPSA) is 48.5 Å².